The number of anilines is 2. The number of rotatable bonds is 8. The SMILES string of the molecule is COc1c(NC(=O)Nc2ccc(Oc3ccnc(C(=O)N4CCN(C(=O)OC(C)(C)C)CC4)c3)c3ccccc23)cc(C(C)(C)C)c(N=C=O)c1OC. The van der Waals surface area contributed by atoms with Crippen LogP contribution in [0.5, 0.6) is 23.0 Å². The van der Waals surface area contributed by atoms with Crippen LogP contribution in [-0.4, -0.2) is 84.9 Å². The lowest BCUT2D eigenvalue weighted by molar-refractivity contribution is 0.0140. The summed E-state index contributed by atoms with van der Waals surface area (Å²) in [4.78, 5) is 62.0. The minimum atomic E-state index is -0.602. The first-order chi connectivity index (χ1) is 25.1. The maximum Gasteiger partial charge on any atom is 0.410 e. The second-order valence-electron chi connectivity index (χ2n) is 14.3. The van der Waals surface area contributed by atoms with E-state index in [4.69, 9.17) is 18.9 Å². The molecule has 1 aliphatic rings. The van der Waals surface area contributed by atoms with Crippen molar-refractivity contribution < 1.29 is 38.1 Å². The lowest BCUT2D eigenvalue weighted by Gasteiger charge is -2.35. The summed E-state index contributed by atoms with van der Waals surface area (Å²) >= 11 is 0. The predicted octanol–water partition coefficient (Wildman–Crippen LogP) is 7.65. The lowest BCUT2D eigenvalue weighted by atomic mass is 9.85. The predicted molar refractivity (Wildman–Crippen MR) is 201 cm³/mol. The molecule has 0 radical (unpaired) electrons. The van der Waals surface area contributed by atoms with Crippen molar-refractivity contribution in [2.24, 2.45) is 4.99 Å². The number of hydrogen-bond acceptors (Lipinski definition) is 10. The molecule has 1 aromatic heterocycles. The topological polar surface area (TPSA) is 161 Å². The van der Waals surface area contributed by atoms with Crippen molar-refractivity contribution in [3.63, 3.8) is 0 Å². The molecule has 5 rings (SSSR count). The number of ether oxygens (including phenoxy) is 4. The molecular formula is C39H44N6O8. The summed E-state index contributed by atoms with van der Waals surface area (Å²) < 4.78 is 22.9. The zero-order chi connectivity index (χ0) is 38.5. The second-order valence-corrected chi connectivity index (χ2v) is 14.3. The van der Waals surface area contributed by atoms with Crippen LogP contribution < -0.4 is 24.8 Å². The number of aliphatic imine (C=N–C) groups is 1. The van der Waals surface area contributed by atoms with Gasteiger partial charge in [0.1, 0.15) is 28.5 Å². The molecule has 0 unspecified atom stereocenters. The largest absolute Gasteiger partial charge is 0.491 e. The number of aromatic nitrogens is 1. The third-order valence-electron chi connectivity index (χ3n) is 8.36. The van der Waals surface area contributed by atoms with Gasteiger partial charge in [0.05, 0.1) is 25.6 Å². The third-order valence-corrected chi connectivity index (χ3v) is 8.36. The highest BCUT2D eigenvalue weighted by Gasteiger charge is 2.30. The van der Waals surface area contributed by atoms with Gasteiger partial charge in [-0.2, -0.15) is 4.99 Å². The molecule has 0 atom stereocenters. The summed E-state index contributed by atoms with van der Waals surface area (Å²) in [6.45, 7) is 12.7. The molecule has 3 aromatic carbocycles. The molecule has 4 aromatic rings. The molecule has 0 bridgehead atoms. The standard InChI is InChI=1S/C39H44N6O8/c1-38(2,3)27-22-29(33(50-7)34(51-8)32(27)41-23-46)43-36(48)42-28-13-14-31(26-12-10-9-11-25(26)28)52-24-15-16-40-30(21-24)35(47)44-17-19-45(20-18-44)37(49)53-39(4,5)6/h9-16,21-22H,17-20H2,1-8H3,(H2,42,43,48). The van der Waals surface area contributed by atoms with Gasteiger partial charge in [0.25, 0.3) is 5.91 Å². The van der Waals surface area contributed by atoms with Crippen molar-refractivity contribution in [1.29, 1.82) is 0 Å². The first-order valence-electron chi connectivity index (χ1n) is 17.0. The fraction of sp³-hybridized carbons (Fsp3) is 0.359. The summed E-state index contributed by atoms with van der Waals surface area (Å²) in [5, 5.41) is 7.17. The smallest absolute Gasteiger partial charge is 0.410 e. The molecule has 14 heteroatoms. The van der Waals surface area contributed by atoms with Gasteiger partial charge in [0.2, 0.25) is 6.08 Å². The van der Waals surface area contributed by atoms with Crippen molar-refractivity contribution in [2.45, 2.75) is 52.6 Å². The number of pyridine rings is 1. The number of nitrogens with one attached hydrogen (secondary N) is 2. The highest BCUT2D eigenvalue weighted by atomic mass is 16.6. The van der Waals surface area contributed by atoms with Crippen LogP contribution in [0, 0.1) is 0 Å². The summed E-state index contributed by atoms with van der Waals surface area (Å²) in [6, 6.07) is 15.2. The number of isocyanates is 1. The zero-order valence-corrected chi connectivity index (χ0v) is 31.2. The Morgan fingerprint density at radius 1 is 0.811 bits per heavy atom. The van der Waals surface area contributed by atoms with Crippen molar-refractivity contribution in [3.8, 4) is 23.0 Å². The first-order valence-corrected chi connectivity index (χ1v) is 17.0. The number of benzene rings is 3. The van der Waals surface area contributed by atoms with Gasteiger partial charge in [0.15, 0.2) is 11.5 Å². The van der Waals surface area contributed by atoms with E-state index in [0.29, 0.717) is 65.4 Å². The average Bonchev–Trinajstić information content (AvgIpc) is 3.11. The van der Waals surface area contributed by atoms with E-state index in [9.17, 15) is 19.2 Å². The highest BCUT2D eigenvalue weighted by molar-refractivity contribution is 6.08. The summed E-state index contributed by atoms with van der Waals surface area (Å²) in [5.74, 6) is 1.00. The highest BCUT2D eigenvalue weighted by Crippen LogP contribution is 2.49. The molecule has 2 N–H and O–H groups in total. The Labute approximate surface area is 308 Å². The maximum absolute atomic E-state index is 13.5. The number of urea groups is 1. The maximum atomic E-state index is 13.5. The van der Waals surface area contributed by atoms with Crippen LogP contribution in [0.1, 0.15) is 57.6 Å². The quantitative estimate of drug-likeness (QED) is 0.137. The molecule has 1 saturated heterocycles. The first kappa shape index (κ1) is 38.1. The number of piperazine rings is 1. The van der Waals surface area contributed by atoms with Crippen LogP contribution in [0.4, 0.5) is 26.7 Å². The molecule has 1 fully saturated rings. The molecule has 14 nitrogen and oxygen atoms in total. The average molecular weight is 725 g/mol. The van der Waals surface area contributed by atoms with Gasteiger partial charge in [-0.1, -0.05) is 45.0 Å². The minimum Gasteiger partial charge on any atom is -0.491 e. The normalized spacial score (nSPS) is 13.1. The minimum absolute atomic E-state index is 0.187. The van der Waals surface area contributed by atoms with E-state index in [1.54, 1.807) is 46.2 Å². The molecule has 278 valence electrons. The van der Waals surface area contributed by atoms with E-state index in [1.165, 1.54) is 20.4 Å². The Kier molecular flexibility index (Phi) is 11.2. The number of nitrogens with zero attached hydrogens (tertiary/aromatic N) is 4. The van der Waals surface area contributed by atoms with E-state index < -0.39 is 23.1 Å². The number of carbonyl (C=O) groups excluding carboxylic acids is 4. The van der Waals surface area contributed by atoms with Crippen molar-refractivity contribution in [1.82, 2.24) is 14.8 Å². The molecule has 0 aliphatic carbocycles. The van der Waals surface area contributed by atoms with Crippen LogP contribution in [0.3, 0.4) is 0 Å². The Morgan fingerprint density at radius 2 is 1.45 bits per heavy atom. The van der Waals surface area contributed by atoms with Gasteiger partial charge in [-0.05, 0) is 56.0 Å². The molecule has 4 amide bonds. The van der Waals surface area contributed by atoms with Crippen LogP contribution in [0.15, 0.2) is 65.8 Å². The number of hydrogen-bond donors (Lipinski definition) is 2. The van der Waals surface area contributed by atoms with Gasteiger partial charge < -0.3 is 39.4 Å². The van der Waals surface area contributed by atoms with E-state index in [0.717, 1.165) is 0 Å². The third kappa shape index (κ3) is 8.85. The van der Waals surface area contributed by atoms with E-state index in [-0.39, 0.29) is 28.8 Å². The van der Waals surface area contributed by atoms with Crippen LogP contribution >= 0.6 is 0 Å². The second kappa shape index (κ2) is 15.6. The van der Waals surface area contributed by atoms with Crippen molar-refractivity contribution in [2.75, 3.05) is 51.0 Å². The fourth-order valence-corrected chi connectivity index (χ4v) is 5.89. The molecule has 0 spiro atoms. The Hall–Kier alpha value is -6.14. The number of methoxy groups -OCH3 is 2. The molecule has 53 heavy (non-hydrogen) atoms. The van der Waals surface area contributed by atoms with Crippen LogP contribution in [0.25, 0.3) is 10.8 Å². The Bertz CT molecular complexity index is 2070. The van der Waals surface area contributed by atoms with Crippen LogP contribution in [0.2, 0.25) is 0 Å². The van der Waals surface area contributed by atoms with Gasteiger partial charge >= 0.3 is 12.1 Å². The van der Waals surface area contributed by atoms with Gasteiger partial charge in [-0.3, -0.25) is 9.78 Å². The monoisotopic (exact) mass is 724 g/mol. The van der Waals surface area contributed by atoms with E-state index in [2.05, 4.69) is 20.6 Å². The number of carbonyl (C=O) groups is 3. The van der Waals surface area contributed by atoms with E-state index >= 15 is 0 Å². The summed E-state index contributed by atoms with van der Waals surface area (Å²) in [6.07, 6.45) is 2.68. The molecule has 1 aliphatic heterocycles. The van der Waals surface area contributed by atoms with Gasteiger partial charge in [-0.15, -0.1) is 0 Å². The lowest BCUT2D eigenvalue weighted by Crippen LogP contribution is -2.51. The number of amides is 4. The zero-order valence-electron chi connectivity index (χ0n) is 31.2. The summed E-state index contributed by atoms with van der Waals surface area (Å²) in [5.41, 5.74) is 0.857. The van der Waals surface area contributed by atoms with Crippen LogP contribution in [-0.2, 0) is 14.9 Å². The Morgan fingerprint density at radius 3 is 2.08 bits per heavy atom. The van der Waals surface area contributed by atoms with Crippen molar-refractivity contribution in [3.05, 3.63) is 72.1 Å². The van der Waals surface area contributed by atoms with Gasteiger partial charge in [0, 0.05) is 49.2 Å². The van der Waals surface area contributed by atoms with Crippen molar-refractivity contribution >= 4 is 51.9 Å². The van der Waals surface area contributed by atoms with Gasteiger partial charge in [-0.25, -0.2) is 14.4 Å². The summed E-state index contributed by atoms with van der Waals surface area (Å²) in [7, 11) is 2.85. The Balaban J connectivity index is 1.33. The molecular weight excluding hydrogens is 680 g/mol. The fourth-order valence-electron chi connectivity index (χ4n) is 5.89. The number of fused-ring (bicyclic) bond motifs is 1. The molecule has 2 heterocycles. The molecule has 0 saturated carbocycles. The van der Waals surface area contributed by atoms with E-state index in [1.807, 2.05) is 65.8 Å².